The molecule has 1 aliphatic heterocycles. The molecular weight excluding hydrogens is 483 g/mol. The van der Waals surface area contributed by atoms with Gasteiger partial charge in [0.1, 0.15) is 23.9 Å². The Balaban J connectivity index is 0.00000240. The number of guanidine groups is 1. The number of hydrogen-bond acceptors (Lipinski definition) is 5. The lowest BCUT2D eigenvalue weighted by Gasteiger charge is -2.28. The predicted octanol–water partition coefficient (Wildman–Crippen LogP) is 3.09. The van der Waals surface area contributed by atoms with E-state index in [0.29, 0.717) is 25.7 Å². The lowest BCUT2D eigenvalue weighted by Crippen LogP contribution is -2.40. The van der Waals surface area contributed by atoms with E-state index >= 15 is 0 Å². The highest BCUT2D eigenvalue weighted by molar-refractivity contribution is 14.0. The summed E-state index contributed by atoms with van der Waals surface area (Å²) in [5.41, 5.74) is 1.13. The Kier molecular flexibility index (Phi) is 7.13. The smallest absolute Gasteiger partial charge is 0.192 e. The summed E-state index contributed by atoms with van der Waals surface area (Å²) in [6.45, 7) is 3.56. The van der Waals surface area contributed by atoms with Crippen molar-refractivity contribution in [1.82, 2.24) is 25.4 Å². The van der Waals surface area contributed by atoms with Crippen molar-refractivity contribution in [3.05, 3.63) is 65.6 Å². The molecule has 3 aromatic rings. The van der Waals surface area contributed by atoms with Gasteiger partial charge in [-0.1, -0.05) is 18.2 Å². The van der Waals surface area contributed by atoms with Crippen LogP contribution < -0.4 is 15.4 Å². The number of nitrogens with one attached hydrogen (secondary N) is 2. The molecule has 0 fully saturated rings. The second-order valence-corrected chi connectivity index (χ2v) is 6.69. The van der Waals surface area contributed by atoms with Gasteiger partial charge in [-0.2, -0.15) is 0 Å². The zero-order valence-corrected chi connectivity index (χ0v) is 18.8. The van der Waals surface area contributed by atoms with Crippen molar-refractivity contribution < 1.29 is 9.15 Å². The third kappa shape index (κ3) is 5.08. The van der Waals surface area contributed by atoms with E-state index in [1.165, 1.54) is 0 Å². The fraction of sp³-hybridized carbons (Fsp3) is 0.350. The van der Waals surface area contributed by atoms with E-state index in [1.54, 1.807) is 6.26 Å². The van der Waals surface area contributed by atoms with Crippen LogP contribution in [0.5, 0.6) is 5.75 Å². The molecule has 2 N–H and O–H groups in total. The Hall–Kier alpha value is -2.56. The number of fused-ring (bicyclic) bond motifs is 1. The molecule has 0 bridgehead atoms. The van der Waals surface area contributed by atoms with E-state index in [2.05, 4.69) is 26.9 Å². The second kappa shape index (κ2) is 9.77. The van der Waals surface area contributed by atoms with E-state index in [1.807, 2.05) is 48.9 Å². The number of hydrogen-bond donors (Lipinski definition) is 2. The van der Waals surface area contributed by atoms with Crippen LogP contribution in [0.2, 0.25) is 0 Å². The van der Waals surface area contributed by atoms with Crippen LogP contribution in [0.25, 0.3) is 0 Å². The Morgan fingerprint density at radius 1 is 1.24 bits per heavy atom. The van der Waals surface area contributed by atoms with Crippen molar-refractivity contribution in [2.75, 3.05) is 6.61 Å². The molecule has 0 spiro atoms. The molecule has 29 heavy (non-hydrogen) atoms. The third-order valence-electron chi connectivity index (χ3n) is 4.84. The normalized spacial score (nSPS) is 15.8. The van der Waals surface area contributed by atoms with E-state index in [0.717, 1.165) is 35.1 Å². The fourth-order valence-electron chi connectivity index (χ4n) is 3.13. The Bertz CT molecular complexity index is 954. The van der Waals surface area contributed by atoms with Gasteiger partial charge in [-0.05, 0) is 25.1 Å². The monoisotopic (exact) mass is 508 g/mol. The molecule has 4 rings (SSSR count). The number of nitrogens with zero attached hydrogens (tertiary/aromatic N) is 4. The number of aliphatic imine (C=N–C) groups is 1. The van der Waals surface area contributed by atoms with Gasteiger partial charge >= 0.3 is 0 Å². The van der Waals surface area contributed by atoms with E-state index in [-0.39, 0.29) is 30.0 Å². The van der Waals surface area contributed by atoms with Crippen molar-refractivity contribution in [2.45, 2.75) is 32.5 Å². The summed E-state index contributed by atoms with van der Waals surface area (Å²) in [5, 5.41) is 15.2. The average molecular weight is 508 g/mol. The molecule has 1 aromatic carbocycles. The van der Waals surface area contributed by atoms with Gasteiger partial charge in [0.25, 0.3) is 0 Å². The molecule has 0 saturated heterocycles. The molecule has 0 aliphatic carbocycles. The van der Waals surface area contributed by atoms with Gasteiger partial charge < -0.3 is 24.4 Å². The molecule has 2 aromatic heterocycles. The van der Waals surface area contributed by atoms with Gasteiger partial charge in [0, 0.05) is 19.0 Å². The first-order valence-electron chi connectivity index (χ1n) is 9.34. The quantitative estimate of drug-likeness (QED) is 0.313. The first-order chi connectivity index (χ1) is 13.7. The number of aryl methyl sites for hydroxylation is 1. The van der Waals surface area contributed by atoms with Crippen LogP contribution in [0.15, 0.2) is 52.1 Å². The molecule has 0 amide bonds. The highest BCUT2D eigenvalue weighted by atomic mass is 127. The number of rotatable bonds is 5. The number of aromatic nitrogens is 3. The van der Waals surface area contributed by atoms with Crippen LogP contribution in [0.3, 0.4) is 0 Å². The van der Waals surface area contributed by atoms with Crippen LogP contribution >= 0.6 is 24.0 Å². The van der Waals surface area contributed by atoms with Crippen LogP contribution in [0.1, 0.15) is 35.4 Å². The van der Waals surface area contributed by atoms with Gasteiger partial charge in [0.05, 0.1) is 25.5 Å². The number of halogens is 1. The molecule has 3 heterocycles. The Morgan fingerprint density at radius 3 is 2.86 bits per heavy atom. The molecule has 9 heteroatoms. The van der Waals surface area contributed by atoms with Crippen molar-refractivity contribution in [3.8, 4) is 5.75 Å². The van der Waals surface area contributed by atoms with E-state index in [4.69, 9.17) is 14.1 Å². The summed E-state index contributed by atoms with van der Waals surface area (Å²) in [4.78, 5) is 4.72. The summed E-state index contributed by atoms with van der Waals surface area (Å²) in [5.74, 6) is 4.13. The van der Waals surface area contributed by atoms with Gasteiger partial charge in [-0.25, -0.2) is 4.99 Å². The van der Waals surface area contributed by atoms with Crippen LogP contribution in [-0.2, 0) is 20.1 Å². The molecule has 0 saturated carbocycles. The minimum atomic E-state index is 0. The van der Waals surface area contributed by atoms with Crippen LogP contribution in [0, 0.1) is 6.92 Å². The minimum absolute atomic E-state index is 0. The summed E-state index contributed by atoms with van der Waals surface area (Å²) < 4.78 is 13.1. The summed E-state index contributed by atoms with van der Waals surface area (Å²) >= 11 is 0. The first-order valence-corrected chi connectivity index (χ1v) is 9.34. The summed E-state index contributed by atoms with van der Waals surface area (Å²) in [6, 6.07) is 12.0. The minimum Gasteiger partial charge on any atom is -0.493 e. The van der Waals surface area contributed by atoms with Crippen LogP contribution in [0.4, 0.5) is 0 Å². The fourth-order valence-corrected chi connectivity index (χ4v) is 3.13. The number of para-hydroxylation sites is 1. The number of ether oxygens (including phenoxy) is 1. The van der Waals surface area contributed by atoms with Gasteiger partial charge in [-0.15, -0.1) is 34.2 Å². The van der Waals surface area contributed by atoms with Crippen molar-refractivity contribution in [3.63, 3.8) is 0 Å². The largest absolute Gasteiger partial charge is 0.493 e. The Labute approximate surface area is 186 Å². The molecule has 0 radical (unpaired) electrons. The maximum atomic E-state index is 5.77. The van der Waals surface area contributed by atoms with E-state index in [9.17, 15) is 0 Å². The van der Waals surface area contributed by atoms with Crippen molar-refractivity contribution in [1.29, 1.82) is 0 Å². The van der Waals surface area contributed by atoms with Gasteiger partial charge in [0.15, 0.2) is 11.8 Å². The van der Waals surface area contributed by atoms with Gasteiger partial charge in [0.2, 0.25) is 0 Å². The highest BCUT2D eigenvalue weighted by Crippen LogP contribution is 2.31. The molecule has 154 valence electrons. The van der Waals surface area contributed by atoms with E-state index < -0.39 is 0 Å². The maximum absolute atomic E-state index is 5.77. The molecule has 1 aliphatic rings. The lowest BCUT2D eigenvalue weighted by atomic mass is 10.0. The number of benzene rings is 1. The zero-order valence-electron chi connectivity index (χ0n) is 16.5. The average Bonchev–Trinajstić information content (AvgIpc) is 3.35. The molecule has 1 atom stereocenters. The SMILES string of the molecule is Cc1nnc(CN=C(NCc2ccco2)NC2CCOc3ccccc32)n1C.I. The standard InChI is InChI=1S/C20H24N6O2.HI/c1-14-24-25-19(26(14)2)13-22-20(21-12-15-6-5-10-27-15)23-17-9-11-28-18-8-4-3-7-16(17)18;/h3-8,10,17H,9,11-13H2,1-2H3,(H2,21,22,23);1H. The lowest BCUT2D eigenvalue weighted by molar-refractivity contribution is 0.261. The number of furan rings is 1. The highest BCUT2D eigenvalue weighted by Gasteiger charge is 2.22. The molecule has 8 nitrogen and oxygen atoms in total. The topological polar surface area (TPSA) is 89.5 Å². The van der Waals surface area contributed by atoms with Crippen molar-refractivity contribution in [2.24, 2.45) is 12.0 Å². The summed E-state index contributed by atoms with van der Waals surface area (Å²) in [6.07, 6.45) is 2.53. The first kappa shape index (κ1) is 21.2. The summed E-state index contributed by atoms with van der Waals surface area (Å²) in [7, 11) is 1.94. The predicted molar refractivity (Wildman–Crippen MR) is 120 cm³/mol. The second-order valence-electron chi connectivity index (χ2n) is 6.69. The Morgan fingerprint density at radius 2 is 2.10 bits per heavy atom. The van der Waals surface area contributed by atoms with Crippen LogP contribution in [-0.4, -0.2) is 27.3 Å². The third-order valence-corrected chi connectivity index (χ3v) is 4.84. The van der Waals surface area contributed by atoms with Gasteiger partial charge in [-0.3, -0.25) is 0 Å². The van der Waals surface area contributed by atoms with Crippen molar-refractivity contribution >= 4 is 29.9 Å². The zero-order chi connectivity index (χ0) is 19.3. The maximum Gasteiger partial charge on any atom is 0.192 e. The molecule has 1 unspecified atom stereocenters. The molecular formula is C20H25IN6O2.